The van der Waals surface area contributed by atoms with Crippen LogP contribution in [0.3, 0.4) is 0 Å². The number of carbonyl (C=O) groups is 1. The van der Waals surface area contributed by atoms with Gasteiger partial charge in [-0.3, -0.25) is 0 Å². The fourth-order valence-corrected chi connectivity index (χ4v) is 3.57. The fourth-order valence-electron chi connectivity index (χ4n) is 1.76. The summed E-state index contributed by atoms with van der Waals surface area (Å²) in [6.45, 7) is 2.30. The maximum atomic E-state index is 11.8. The highest BCUT2D eigenvalue weighted by Crippen LogP contribution is 2.30. The molecule has 0 aliphatic carbocycles. The van der Waals surface area contributed by atoms with Crippen molar-refractivity contribution in [1.29, 1.82) is 0 Å². The van der Waals surface area contributed by atoms with Gasteiger partial charge in [-0.2, -0.15) is 0 Å². The number of amides is 2. The van der Waals surface area contributed by atoms with Crippen molar-refractivity contribution in [3.05, 3.63) is 53.4 Å². The van der Waals surface area contributed by atoms with Gasteiger partial charge in [-0.05, 0) is 31.2 Å². The van der Waals surface area contributed by atoms with Gasteiger partial charge < -0.3 is 15.2 Å². The summed E-state index contributed by atoms with van der Waals surface area (Å²) in [7, 11) is 0. The van der Waals surface area contributed by atoms with Crippen LogP contribution in [0.1, 0.15) is 11.4 Å². The molecule has 8 heteroatoms. The van der Waals surface area contributed by atoms with Gasteiger partial charge in [0.25, 0.3) is 0 Å². The molecule has 2 heterocycles. The first-order valence-corrected chi connectivity index (χ1v) is 8.53. The van der Waals surface area contributed by atoms with Crippen molar-refractivity contribution in [1.82, 2.24) is 15.5 Å². The van der Waals surface area contributed by atoms with E-state index in [9.17, 15) is 4.79 Å². The Kier molecular flexibility index (Phi) is 4.94. The van der Waals surface area contributed by atoms with E-state index in [1.807, 2.05) is 36.6 Å². The molecule has 118 valence electrons. The zero-order chi connectivity index (χ0) is 16.1. The lowest BCUT2D eigenvalue weighted by Gasteiger charge is -2.07. The molecule has 0 spiro atoms. The SMILES string of the molecule is Cc1csc(Sc2ccc(NC(=O)NCc3ccon3)cc2)n1. The summed E-state index contributed by atoms with van der Waals surface area (Å²) in [6.07, 6.45) is 1.47. The first-order valence-electron chi connectivity index (χ1n) is 6.83. The molecule has 2 amide bonds. The molecule has 0 fully saturated rings. The van der Waals surface area contributed by atoms with Crippen molar-refractivity contribution in [3.8, 4) is 0 Å². The van der Waals surface area contributed by atoms with Crippen molar-refractivity contribution in [3.63, 3.8) is 0 Å². The van der Waals surface area contributed by atoms with E-state index < -0.39 is 0 Å². The molecule has 3 rings (SSSR count). The van der Waals surface area contributed by atoms with Crippen LogP contribution in [0.4, 0.5) is 10.5 Å². The van der Waals surface area contributed by atoms with Gasteiger partial charge >= 0.3 is 6.03 Å². The summed E-state index contributed by atoms with van der Waals surface area (Å²) in [6, 6.07) is 9.04. The lowest BCUT2D eigenvalue weighted by atomic mass is 10.3. The molecule has 2 aromatic heterocycles. The van der Waals surface area contributed by atoms with Gasteiger partial charge in [0, 0.05) is 27.7 Å². The van der Waals surface area contributed by atoms with Crippen molar-refractivity contribution < 1.29 is 9.32 Å². The number of benzene rings is 1. The van der Waals surface area contributed by atoms with Crippen LogP contribution in [0.15, 0.2) is 55.7 Å². The lowest BCUT2D eigenvalue weighted by Crippen LogP contribution is -2.28. The number of thiazole rings is 1. The first-order chi connectivity index (χ1) is 11.2. The Morgan fingerprint density at radius 2 is 2.13 bits per heavy atom. The average Bonchev–Trinajstić information content (AvgIpc) is 3.19. The molecule has 0 bridgehead atoms. The summed E-state index contributed by atoms with van der Waals surface area (Å²) in [4.78, 5) is 17.3. The Morgan fingerprint density at radius 3 is 2.78 bits per heavy atom. The number of nitrogens with zero attached hydrogens (tertiary/aromatic N) is 2. The average molecular weight is 346 g/mol. The molecule has 0 saturated heterocycles. The minimum absolute atomic E-state index is 0.288. The first kappa shape index (κ1) is 15.6. The molecule has 0 saturated carbocycles. The summed E-state index contributed by atoms with van der Waals surface area (Å²) in [5, 5.41) is 11.2. The van der Waals surface area contributed by atoms with Crippen LogP contribution in [-0.2, 0) is 6.54 Å². The number of aryl methyl sites for hydroxylation is 1. The molecule has 0 aliphatic rings. The van der Waals surface area contributed by atoms with Crippen LogP contribution in [0.5, 0.6) is 0 Å². The van der Waals surface area contributed by atoms with E-state index in [0.29, 0.717) is 12.2 Å². The number of urea groups is 1. The molecular weight excluding hydrogens is 332 g/mol. The Bertz CT molecular complexity index is 769. The number of hydrogen-bond acceptors (Lipinski definition) is 6. The highest BCUT2D eigenvalue weighted by Gasteiger charge is 2.05. The van der Waals surface area contributed by atoms with E-state index in [1.54, 1.807) is 29.2 Å². The van der Waals surface area contributed by atoms with E-state index >= 15 is 0 Å². The van der Waals surface area contributed by atoms with E-state index in [4.69, 9.17) is 4.52 Å². The van der Waals surface area contributed by atoms with Crippen molar-refractivity contribution in [2.45, 2.75) is 22.7 Å². The predicted octanol–water partition coefficient (Wildman–Crippen LogP) is 3.91. The topological polar surface area (TPSA) is 80.0 Å². The molecule has 0 aliphatic heterocycles. The highest BCUT2D eigenvalue weighted by molar-refractivity contribution is 8.01. The van der Waals surface area contributed by atoms with Crippen molar-refractivity contribution in [2.24, 2.45) is 0 Å². The fraction of sp³-hybridized carbons (Fsp3) is 0.133. The summed E-state index contributed by atoms with van der Waals surface area (Å²) >= 11 is 3.23. The molecular formula is C15H14N4O2S2. The second-order valence-electron chi connectivity index (χ2n) is 4.68. The van der Waals surface area contributed by atoms with Crippen LogP contribution in [0.2, 0.25) is 0 Å². The Balaban J connectivity index is 1.51. The monoisotopic (exact) mass is 346 g/mol. The number of rotatable bonds is 5. The summed E-state index contributed by atoms with van der Waals surface area (Å²) in [5.41, 5.74) is 2.42. The van der Waals surface area contributed by atoms with Gasteiger partial charge in [0.1, 0.15) is 12.0 Å². The Labute approximate surface area is 141 Å². The largest absolute Gasteiger partial charge is 0.364 e. The number of nitrogens with one attached hydrogen (secondary N) is 2. The molecule has 23 heavy (non-hydrogen) atoms. The number of anilines is 1. The maximum absolute atomic E-state index is 11.8. The van der Waals surface area contributed by atoms with Crippen molar-refractivity contribution >= 4 is 34.8 Å². The van der Waals surface area contributed by atoms with E-state index in [0.717, 1.165) is 20.6 Å². The molecule has 0 radical (unpaired) electrons. The van der Waals surface area contributed by atoms with Gasteiger partial charge in [-0.1, -0.05) is 16.9 Å². The van der Waals surface area contributed by atoms with Crippen molar-refractivity contribution in [2.75, 3.05) is 5.32 Å². The minimum atomic E-state index is -0.288. The standard InChI is InChI=1S/C15H14N4O2S2/c1-10-9-22-15(17-10)23-13-4-2-11(3-5-13)18-14(20)16-8-12-6-7-21-19-12/h2-7,9H,8H2,1H3,(H2,16,18,20). The van der Waals surface area contributed by atoms with E-state index in [1.165, 1.54) is 6.26 Å². The smallest absolute Gasteiger partial charge is 0.319 e. The Hall–Kier alpha value is -2.32. The maximum Gasteiger partial charge on any atom is 0.319 e. The lowest BCUT2D eigenvalue weighted by molar-refractivity contribution is 0.251. The molecule has 1 aromatic carbocycles. The number of carbonyl (C=O) groups excluding carboxylic acids is 1. The van der Waals surface area contributed by atoms with E-state index in [2.05, 4.69) is 20.8 Å². The second kappa shape index (κ2) is 7.30. The van der Waals surface area contributed by atoms with Gasteiger partial charge in [0.05, 0.1) is 6.54 Å². The Morgan fingerprint density at radius 1 is 1.30 bits per heavy atom. The zero-order valence-corrected chi connectivity index (χ0v) is 13.9. The normalized spacial score (nSPS) is 10.5. The number of hydrogen-bond donors (Lipinski definition) is 2. The minimum Gasteiger partial charge on any atom is -0.364 e. The summed E-state index contributed by atoms with van der Waals surface area (Å²) in [5.74, 6) is 0. The van der Waals surface area contributed by atoms with E-state index in [-0.39, 0.29) is 6.03 Å². The van der Waals surface area contributed by atoms with Crippen LogP contribution >= 0.6 is 23.1 Å². The molecule has 3 aromatic rings. The third-order valence-electron chi connectivity index (χ3n) is 2.84. The zero-order valence-electron chi connectivity index (χ0n) is 12.3. The van der Waals surface area contributed by atoms with Crippen LogP contribution in [-0.4, -0.2) is 16.2 Å². The van der Waals surface area contributed by atoms with Crippen LogP contribution in [0.25, 0.3) is 0 Å². The van der Waals surface area contributed by atoms with Gasteiger partial charge in [0.15, 0.2) is 4.34 Å². The highest BCUT2D eigenvalue weighted by atomic mass is 32.2. The third-order valence-corrected chi connectivity index (χ3v) is 4.90. The quantitative estimate of drug-likeness (QED) is 0.732. The van der Waals surface area contributed by atoms with Crippen LogP contribution < -0.4 is 10.6 Å². The molecule has 0 atom stereocenters. The second-order valence-corrected chi connectivity index (χ2v) is 6.86. The van der Waals surface area contributed by atoms with Gasteiger partial charge in [-0.15, -0.1) is 11.3 Å². The summed E-state index contributed by atoms with van der Waals surface area (Å²) < 4.78 is 5.71. The van der Waals surface area contributed by atoms with Gasteiger partial charge in [0.2, 0.25) is 0 Å². The number of aromatic nitrogens is 2. The molecule has 6 nitrogen and oxygen atoms in total. The third kappa shape index (κ3) is 4.57. The van der Waals surface area contributed by atoms with Gasteiger partial charge in [-0.25, -0.2) is 9.78 Å². The molecule has 2 N–H and O–H groups in total. The van der Waals surface area contributed by atoms with Crippen LogP contribution in [0, 0.1) is 6.92 Å². The molecule has 0 unspecified atom stereocenters. The predicted molar refractivity (Wildman–Crippen MR) is 89.8 cm³/mol.